The predicted octanol–water partition coefficient (Wildman–Crippen LogP) is 12.0. The van der Waals surface area contributed by atoms with Gasteiger partial charge in [0.25, 0.3) is 0 Å². The molecule has 5 atom stereocenters. The zero-order chi connectivity index (χ0) is 68.4. The Bertz CT molecular complexity index is 3840. The van der Waals surface area contributed by atoms with Gasteiger partial charge in [-0.15, -0.1) is 0 Å². The highest BCUT2D eigenvalue weighted by atomic mass is 28.6. The highest BCUT2D eigenvalue weighted by Gasteiger charge is 2.82. The molecule has 5 aliphatic rings. The van der Waals surface area contributed by atoms with Crippen LogP contribution in [-0.2, 0) is 57.6 Å². The number of hydrogen-bond donors (Lipinski definition) is 0. The van der Waals surface area contributed by atoms with E-state index in [0.29, 0.717) is 47.9 Å². The van der Waals surface area contributed by atoms with E-state index in [2.05, 4.69) is 107 Å². The molecule has 96 heavy (non-hydrogen) atoms. The Labute approximate surface area is 582 Å². The minimum Gasteiger partial charge on any atom is -0.413 e. The molecule has 506 valence electrons. The smallest absolute Gasteiger partial charge is 0.413 e. The van der Waals surface area contributed by atoms with Crippen molar-refractivity contribution in [2.75, 3.05) is 0 Å². The molecule has 0 amide bonds. The van der Waals surface area contributed by atoms with Crippen LogP contribution < -0.4 is 41.5 Å². The summed E-state index contributed by atoms with van der Waals surface area (Å²) < 4.78 is 124. The highest BCUT2D eigenvalue weighted by Crippen LogP contribution is 2.59. The lowest BCUT2D eigenvalue weighted by molar-refractivity contribution is 0.0460. The van der Waals surface area contributed by atoms with Gasteiger partial charge in [0.1, 0.15) is 0 Å². The third-order valence-corrected chi connectivity index (χ3v) is 73.7. The third-order valence-electron chi connectivity index (χ3n) is 20.5. The van der Waals surface area contributed by atoms with Crippen LogP contribution in [0.4, 0.5) is 0 Å². The van der Waals surface area contributed by atoms with E-state index >= 15 is 0 Å². The average molecular weight is 1500 g/mol. The summed E-state index contributed by atoms with van der Waals surface area (Å²) in [5, 5.41) is 3.11. The van der Waals surface area contributed by atoms with E-state index in [1.54, 1.807) is 0 Å². The lowest BCUT2D eigenvalue weighted by atomic mass is 9.94. The van der Waals surface area contributed by atoms with Gasteiger partial charge in [-0.05, 0) is 80.5 Å². The van der Waals surface area contributed by atoms with Crippen LogP contribution in [0.15, 0.2) is 243 Å². The third kappa shape index (κ3) is 13.3. The van der Waals surface area contributed by atoms with Gasteiger partial charge in [0.2, 0.25) is 0 Å². The van der Waals surface area contributed by atoms with E-state index in [1.807, 2.05) is 243 Å². The summed E-state index contributed by atoms with van der Waals surface area (Å²) in [5.74, 6) is 0. The van der Waals surface area contributed by atoms with E-state index in [0.717, 1.165) is 12.8 Å². The van der Waals surface area contributed by atoms with Crippen molar-refractivity contribution in [3.8, 4) is 0 Å². The van der Waals surface area contributed by atoms with Gasteiger partial charge in [-0.2, -0.15) is 0 Å². The van der Waals surface area contributed by atoms with E-state index in [9.17, 15) is 0 Å². The second-order valence-electron chi connectivity index (χ2n) is 29.7. The Morgan fingerprint density at radius 2 is 0.562 bits per heavy atom. The molecule has 26 heteroatoms. The van der Waals surface area contributed by atoms with Crippen LogP contribution in [0.25, 0.3) is 0 Å². The van der Waals surface area contributed by atoms with Crippen LogP contribution in [0.1, 0.15) is 67.7 Å². The molecule has 14 nitrogen and oxygen atoms in total. The first-order chi connectivity index (χ1) is 45.3. The molecule has 0 N–H and O–H groups in total. The van der Waals surface area contributed by atoms with Crippen LogP contribution in [0, 0.1) is 0 Å². The summed E-state index contributed by atoms with van der Waals surface area (Å²) in [6.45, 7) is 36.3. The average Bonchev–Trinajstić information content (AvgIpc) is 0.683. The fourth-order valence-corrected chi connectivity index (χ4v) is 74.3. The second-order valence-corrected chi connectivity index (χ2v) is 71.8. The van der Waals surface area contributed by atoms with Crippen molar-refractivity contribution in [2.24, 2.45) is 0 Å². The summed E-state index contributed by atoms with van der Waals surface area (Å²) in [6.07, 6.45) is 2.18. The SMILES string of the molecule is CCC(C)(C)[Si](C)(C)O[Si]1(c2ccccc2)O[Si]2(c3ccccc3)O[Si]3(c4ccccc4)O[Si](O[Si](C)(C)C)(c4ccccc4)O[Si]4(c5ccccc5)O[Si](c5ccccc5)(O1)O[Si](c1ccccc1)(O2)O[Si](C)(C)C(C)(C)CC(C)(CC)[Si](C)(C)O[Si](c1ccccc1)(O3)O4. The zero-order valence-electron chi connectivity index (χ0n) is 58.4. The molecule has 6 bridgehead atoms. The van der Waals surface area contributed by atoms with E-state index in [-0.39, 0.29) is 0 Å². The lowest BCUT2D eigenvalue weighted by Crippen LogP contribution is -2.91. The second kappa shape index (κ2) is 26.3. The molecule has 0 radical (unpaired) electrons. The predicted molar refractivity (Wildman–Crippen MR) is 407 cm³/mol. The first-order valence-electron chi connectivity index (χ1n) is 33.6. The molecule has 0 aromatic heterocycles. The Morgan fingerprint density at radius 3 is 0.802 bits per heavy atom. The van der Waals surface area contributed by atoms with Crippen molar-refractivity contribution in [3.63, 3.8) is 0 Å². The molecule has 13 rings (SSSR count). The number of benzene rings is 8. The van der Waals surface area contributed by atoms with E-state index < -0.39 is 119 Å². The van der Waals surface area contributed by atoms with Crippen molar-refractivity contribution in [1.82, 2.24) is 0 Å². The summed E-state index contributed by atoms with van der Waals surface area (Å²) in [5.41, 5.74) is 0. The Balaban J connectivity index is 1.42. The maximum Gasteiger partial charge on any atom is 0.515 e. The first-order valence-corrected chi connectivity index (χ1v) is 59.5. The molecule has 5 fully saturated rings. The lowest BCUT2D eigenvalue weighted by Gasteiger charge is -2.60. The molecule has 5 unspecified atom stereocenters. The molecule has 0 aliphatic carbocycles. The van der Waals surface area contributed by atoms with Crippen LogP contribution in [0.5, 0.6) is 0 Å². The summed E-state index contributed by atoms with van der Waals surface area (Å²) in [4.78, 5) is 0. The highest BCUT2D eigenvalue weighted by molar-refractivity contribution is 7.11. The molecule has 0 spiro atoms. The van der Waals surface area contributed by atoms with Crippen molar-refractivity contribution >= 4 is 145 Å². The molecular weight excluding hydrogens is 1400 g/mol. The fourth-order valence-electron chi connectivity index (χ4n) is 13.0. The number of hydrogen-bond acceptors (Lipinski definition) is 14. The fraction of sp³-hybridized carbons (Fsp3) is 0.314. The van der Waals surface area contributed by atoms with Gasteiger partial charge >= 0.3 is 70.4 Å². The molecule has 5 aliphatic heterocycles. The van der Waals surface area contributed by atoms with Crippen LogP contribution in [0.2, 0.25) is 74.0 Å². The summed E-state index contributed by atoms with van der Waals surface area (Å²) in [6, 6.07) is 80.1. The van der Waals surface area contributed by atoms with Crippen LogP contribution in [0.3, 0.4) is 0 Å². The van der Waals surface area contributed by atoms with Gasteiger partial charge in [0.15, 0.2) is 33.3 Å². The van der Waals surface area contributed by atoms with Crippen LogP contribution in [-0.4, -0.2) is 104 Å². The molecular formula is C70H94O14Si12. The maximum atomic E-state index is 9.08. The Kier molecular flexibility index (Phi) is 19.6. The van der Waals surface area contributed by atoms with E-state index in [1.165, 1.54) is 0 Å². The largest absolute Gasteiger partial charge is 0.515 e. The molecule has 8 aromatic rings. The minimum absolute atomic E-state index is 0.410. The van der Waals surface area contributed by atoms with Crippen molar-refractivity contribution < 1.29 is 57.6 Å². The van der Waals surface area contributed by atoms with Gasteiger partial charge < -0.3 is 57.6 Å². The van der Waals surface area contributed by atoms with Gasteiger partial charge in [0.05, 0.1) is 0 Å². The van der Waals surface area contributed by atoms with Gasteiger partial charge in [-0.1, -0.05) is 304 Å². The standard InChI is InChI=1S/C70H94O14Si12/c1-17-68(3,4)86(11,12)72-90(61-45-29-20-30-46-61)77-95(66-55-39-25-40-56-66)79-91(62-47-31-21-32-48-62)73-87(13,14)69(5,6)59-70(7,18-2)88(15,16)74-92(63-49-33-22-34-50-63)81-93(83-95,64-51-35-23-36-52-64)75-89(71-85(8,9)10,60-43-27-19-28-44-60)76-94(82-92,65-53-37-24-38-54-65)84-96(78-90,80-91)67-57-41-26-42-58-67/h19-58H,17-18,59H2,1-16H3. The van der Waals surface area contributed by atoms with Gasteiger partial charge in [0, 0.05) is 41.5 Å². The quantitative estimate of drug-likeness (QED) is 0.0903. The molecule has 5 saturated heterocycles. The molecule has 5 heterocycles. The molecule has 8 aromatic carbocycles. The Hall–Kier alpha value is -4.20. The molecule has 0 saturated carbocycles. The van der Waals surface area contributed by atoms with Crippen molar-refractivity contribution in [2.45, 2.75) is 142 Å². The van der Waals surface area contributed by atoms with Gasteiger partial charge in [-0.3, -0.25) is 0 Å². The number of fused-ring (bicyclic) bond motifs is 10. The summed E-state index contributed by atoms with van der Waals surface area (Å²) >= 11 is 0. The topological polar surface area (TPSA) is 129 Å². The maximum absolute atomic E-state index is 9.08. The zero-order valence-corrected chi connectivity index (χ0v) is 70.4. The van der Waals surface area contributed by atoms with E-state index in [4.69, 9.17) is 57.6 Å². The van der Waals surface area contributed by atoms with Crippen molar-refractivity contribution in [3.05, 3.63) is 243 Å². The normalized spacial score (nSPS) is 31.6. The minimum atomic E-state index is -5.37. The number of rotatable bonds is 15. The van der Waals surface area contributed by atoms with Crippen LogP contribution >= 0.6 is 0 Å². The monoisotopic (exact) mass is 1490 g/mol. The summed E-state index contributed by atoms with van der Waals surface area (Å²) in [7, 11) is -54.5. The first kappa shape index (κ1) is 71.6. The Morgan fingerprint density at radius 1 is 0.333 bits per heavy atom. The van der Waals surface area contributed by atoms with Gasteiger partial charge in [-0.25, -0.2) is 0 Å². The van der Waals surface area contributed by atoms with Crippen molar-refractivity contribution in [1.29, 1.82) is 0 Å².